The zero-order chi connectivity index (χ0) is 13.7. The predicted octanol–water partition coefficient (Wildman–Crippen LogP) is 3.17. The van der Waals surface area contributed by atoms with Crippen molar-refractivity contribution in [3.63, 3.8) is 0 Å². The Kier molecular flexibility index (Phi) is 3.98. The van der Waals surface area contributed by atoms with Gasteiger partial charge in [-0.2, -0.15) is 0 Å². The van der Waals surface area contributed by atoms with Crippen LogP contribution in [-0.2, 0) is 0 Å². The third-order valence-corrected chi connectivity index (χ3v) is 2.71. The fourth-order valence-electron chi connectivity index (χ4n) is 1.69. The number of rotatable bonds is 4. The second kappa shape index (κ2) is 5.87. The molecule has 3 nitrogen and oxygen atoms in total. The van der Waals surface area contributed by atoms with Crippen molar-refractivity contribution < 1.29 is 9.53 Å². The Morgan fingerprint density at radius 2 is 1.89 bits per heavy atom. The van der Waals surface area contributed by atoms with Gasteiger partial charge in [0, 0.05) is 11.3 Å². The zero-order valence-electron chi connectivity index (χ0n) is 10.7. The van der Waals surface area contributed by atoms with Gasteiger partial charge < -0.3 is 10.5 Å². The molecule has 0 saturated heterocycles. The van der Waals surface area contributed by atoms with Gasteiger partial charge in [-0.25, -0.2) is 0 Å². The average Bonchev–Trinajstić information content (AvgIpc) is 2.45. The summed E-state index contributed by atoms with van der Waals surface area (Å²) in [5.41, 5.74) is 7.89. The summed E-state index contributed by atoms with van der Waals surface area (Å²) in [7, 11) is 1.59. The number of hydrogen-bond donors (Lipinski definition) is 1. The second-order valence-corrected chi connectivity index (χ2v) is 4.10. The molecule has 2 rings (SSSR count). The van der Waals surface area contributed by atoms with E-state index in [0.29, 0.717) is 11.3 Å². The normalized spacial score (nSPS) is 10.6. The summed E-state index contributed by atoms with van der Waals surface area (Å²) in [4.78, 5) is 11.9. The molecule has 0 fully saturated rings. The van der Waals surface area contributed by atoms with Crippen LogP contribution in [0.1, 0.15) is 15.9 Å². The van der Waals surface area contributed by atoms with Gasteiger partial charge in [-0.15, -0.1) is 0 Å². The van der Waals surface area contributed by atoms with Crippen LogP contribution in [0.15, 0.2) is 54.6 Å². The topological polar surface area (TPSA) is 52.3 Å². The first-order valence-electron chi connectivity index (χ1n) is 5.91. The molecule has 96 valence electrons. The first kappa shape index (κ1) is 12.9. The highest BCUT2D eigenvalue weighted by atomic mass is 16.5. The average molecular weight is 253 g/mol. The lowest BCUT2D eigenvalue weighted by molar-refractivity contribution is 0.104. The quantitative estimate of drug-likeness (QED) is 0.517. The smallest absolute Gasteiger partial charge is 0.185 e. The number of carbonyl (C=O) groups is 1. The van der Waals surface area contributed by atoms with Gasteiger partial charge in [0.1, 0.15) is 5.75 Å². The predicted molar refractivity (Wildman–Crippen MR) is 77.2 cm³/mol. The van der Waals surface area contributed by atoms with Crippen LogP contribution in [0.4, 0.5) is 5.69 Å². The number of benzene rings is 2. The van der Waals surface area contributed by atoms with Gasteiger partial charge in [0.05, 0.1) is 7.11 Å². The zero-order valence-corrected chi connectivity index (χ0v) is 10.7. The molecule has 2 aromatic rings. The molecule has 0 aliphatic carbocycles. The van der Waals surface area contributed by atoms with Crippen LogP contribution >= 0.6 is 0 Å². The van der Waals surface area contributed by atoms with Crippen LogP contribution in [0.3, 0.4) is 0 Å². The third-order valence-electron chi connectivity index (χ3n) is 2.71. The Balaban J connectivity index is 2.11. The van der Waals surface area contributed by atoms with Gasteiger partial charge in [-0.05, 0) is 48.0 Å². The van der Waals surface area contributed by atoms with Crippen molar-refractivity contribution in [1.29, 1.82) is 0 Å². The van der Waals surface area contributed by atoms with Gasteiger partial charge in [-0.1, -0.05) is 18.2 Å². The van der Waals surface area contributed by atoms with E-state index < -0.39 is 0 Å². The van der Waals surface area contributed by atoms with E-state index in [4.69, 9.17) is 10.5 Å². The molecule has 0 unspecified atom stereocenters. The first-order valence-corrected chi connectivity index (χ1v) is 5.91. The van der Waals surface area contributed by atoms with Crippen LogP contribution in [0.5, 0.6) is 5.75 Å². The van der Waals surface area contributed by atoms with E-state index in [-0.39, 0.29) is 5.78 Å². The van der Waals surface area contributed by atoms with Crippen LogP contribution in [0, 0.1) is 0 Å². The Morgan fingerprint density at radius 1 is 1.16 bits per heavy atom. The van der Waals surface area contributed by atoms with E-state index >= 15 is 0 Å². The molecule has 2 N–H and O–H groups in total. The lowest BCUT2D eigenvalue weighted by atomic mass is 10.1. The Morgan fingerprint density at radius 3 is 2.53 bits per heavy atom. The fourth-order valence-corrected chi connectivity index (χ4v) is 1.69. The number of ketones is 1. The Bertz CT molecular complexity index is 600. The number of methoxy groups -OCH3 is 1. The van der Waals surface area contributed by atoms with Gasteiger partial charge >= 0.3 is 0 Å². The fraction of sp³-hybridized carbons (Fsp3) is 0.0625. The molecule has 0 saturated carbocycles. The molecular weight excluding hydrogens is 238 g/mol. The summed E-state index contributed by atoms with van der Waals surface area (Å²) >= 11 is 0. The lowest BCUT2D eigenvalue weighted by Gasteiger charge is -2.00. The molecule has 0 aliphatic heterocycles. The standard InChI is InChI=1S/C16H15NO2/c1-19-15-8-6-13(7-9-15)16(18)10-5-12-3-2-4-14(17)11-12/h2-11H,17H2,1H3/b10-5+. The minimum Gasteiger partial charge on any atom is -0.497 e. The van der Waals surface area contributed by atoms with Crippen molar-refractivity contribution in [2.24, 2.45) is 0 Å². The first-order chi connectivity index (χ1) is 9.19. The molecule has 2 aromatic carbocycles. The number of nitrogen functional groups attached to an aromatic ring is 1. The van der Waals surface area contributed by atoms with E-state index in [1.807, 2.05) is 24.3 Å². The van der Waals surface area contributed by atoms with Crippen molar-refractivity contribution in [2.45, 2.75) is 0 Å². The van der Waals surface area contributed by atoms with Crippen molar-refractivity contribution >= 4 is 17.5 Å². The summed E-state index contributed by atoms with van der Waals surface area (Å²) in [6.45, 7) is 0. The lowest BCUT2D eigenvalue weighted by Crippen LogP contribution is -1.94. The van der Waals surface area contributed by atoms with E-state index in [2.05, 4.69) is 0 Å². The highest BCUT2D eigenvalue weighted by molar-refractivity contribution is 6.06. The largest absolute Gasteiger partial charge is 0.497 e. The number of anilines is 1. The van der Waals surface area contributed by atoms with Gasteiger partial charge in [0.25, 0.3) is 0 Å². The van der Waals surface area contributed by atoms with Crippen molar-refractivity contribution in [2.75, 3.05) is 12.8 Å². The minimum atomic E-state index is -0.0509. The van der Waals surface area contributed by atoms with E-state index in [9.17, 15) is 4.79 Å². The monoisotopic (exact) mass is 253 g/mol. The number of nitrogens with two attached hydrogens (primary N) is 1. The molecule has 3 heteroatoms. The maximum absolute atomic E-state index is 11.9. The SMILES string of the molecule is COc1ccc(C(=O)/C=C/c2cccc(N)c2)cc1. The minimum absolute atomic E-state index is 0.0509. The molecule has 0 heterocycles. The molecule has 19 heavy (non-hydrogen) atoms. The van der Waals surface area contributed by atoms with Crippen LogP contribution in [0.2, 0.25) is 0 Å². The molecule has 0 amide bonds. The van der Waals surface area contributed by atoms with Gasteiger partial charge in [0.2, 0.25) is 0 Å². The number of carbonyl (C=O) groups excluding carboxylic acids is 1. The molecule has 0 bridgehead atoms. The van der Waals surface area contributed by atoms with E-state index in [0.717, 1.165) is 11.3 Å². The highest BCUT2D eigenvalue weighted by Crippen LogP contribution is 2.13. The van der Waals surface area contributed by atoms with Crippen molar-refractivity contribution in [3.05, 3.63) is 65.7 Å². The van der Waals surface area contributed by atoms with Crippen molar-refractivity contribution in [1.82, 2.24) is 0 Å². The number of ether oxygens (including phenoxy) is 1. The van der Waals surface area contributed by atoms with Gasteiger partial charge in [-0.3, -0.25) is 4.79 Å². The number of hydrogen-bond acceptors (Lipinski definition) is 3. The molecule has 0 aromatic heterocycles. The molecule has 0 spiro atoms. The maximum Gasteiger partial charge on any atom is 0.185 e. The van der Waals surface area contributed by atoms with Gasteiger partial charge in [0.15, 0.2) is 5.78 Å². The Labute approximate surface area is 112 Å². The molecular formula is C16H15NO2. The summed E-state index contributed by atoms with van der Waals surface area (Å²) in [6.07, 6.45) is 3.29. The van der Waals surface area contributed by atoms with E-state index in [1.54, 1.807) is 37.5 Å². The molecule has 0 atom stereocenters. The Hall–Kier alpha value is -2.55. The highest BCUT2D eigenvalue weighted by Gasteiger charge is 2.01. The third kappa shape index (κ3) is 3.45. The van der Waals surface area contributed by atoms with Crippen LogP contribution in [0.25, 0.3) is 6.08 Å². The van der Waals surface area contributed by atoms with Crippen molar-refractivity contribution in [3.8, 4) is 5.75 Å². The summed E-state index contributed by atoms with van der Waals surface area (Å²) < 4.78 is 5.05. The number of allylic oxidation sites excluding steroid dienone is 1. The van der Waals surface area contributed by atoms with Crippen LogP contribution < -0.4 is 10.5 Å². The second-order valence-electron chi connectivity index (χ2n) is 4.10. The maximum atomic E-state index is 11.9. The summed E-state index contributed by atoms with van der Waals surface area (Å²) in [6, 6.07) is 14.4. The molecule has 0 radical (unpaired) electrons. The molecule has 0 aliphatic rings. The van der Waals surface area contributed by atoms with Crippen LogP contribution in [-0.4, -0.2) is 12.9 Å². The summed E-state index contributed by atoms with van der Waals surface area (Å²) in [5.74, 6) is 0.682. The van der Waals surface area contributed by atoms with E-state index in [1.165, 1.54) is 6.08 Å². The summed E-state index contributed by atoms with van der Waals surface area (Å²) in [5, 5.41) is 0.